The summed E-state index contributed by atoms with van der Waals surface area (Å²) in [5.74, 6) is -1.49. The number of carbonyl (C=O) groups excluding carboxylic acids is 2. The molecule has 0 spiro atoms. The van der Waals surface area contributed by atoms with E-state index in [0.29, 0.717) is 17.4 Å². The highest BCUT2D eigenvalue weighted by Gasteiger charge is 2.12. The average Bonchev–Trinajstić information content (AvgIpc) is 2.86. The normalized spacial score (nSPS) is 10.2. The molecule has 0 saturated carbocycles. The summed E-state index contributed by atoms with van der Waals surface area (Å²) in [4.78, 5) is 30.9. The zero-order valence-corrected chi connectivity index (χ0v) is 11.9. The predicted molar refractivity (Wildman–Crippen MR) is 74.6 cm³/mol. The Morgan fingerprint density at radius 1 is 1.43 bits per heavy atom. The van der Waals surface area contributed by atoms with Crippen LogP contribution < -0.4 is 5.32 Å². The molecule has 0 fully saturated rings. The number of halogens is 1. The van der Waals surface area contributed by atoms with E-state index in [2.05, 4.69) is 15.3 Å². The third kappa shape index (κ3) is 4.32. The van der Waals surface area contributed by atoms with Crippen molar-refractivity contribution in [1.82, 2.24) is 9.97 Å². The van der Waals surface area contributed by atoms with Crippen LogP contribution in [0.15, 0.2) is 23.8 Å². The van der Waals surface area contributed by atoms with Crippen molar-refractivity contribution >= 4 is 28.3 Å². The highest BCUT2D eigenvalue weighted by Crippen LogP contribution is 2.17. The molecule has 8 heteroatoms. The zero-order chi connectivity index (χ0) is 15.2. The lowest BCUT2D eigenvalue weighted by Gasteiger charge is -2.01. The Balaban J connectivity index is 1.99. The number of pyridine rings is 1. The Bertz CT molecular complexity index is 660. The molecule has 2 aromatic heterocycles. The molecule has 6 nitrogen and oxygen atoms in total. The van der Waals surface area contributed by atoms with E-state index in [-0.39, 0.29) is 18.0 Å². The maximum absolute atomic E-state index is 13.0. The van der Waals surface area contributed by atoms with Crippen LogP contribution in [0.1, 0.15) is 23.0 Å². The van der Waals surface area contributed by atoms with Gasteiger partial charge in [0.05, 0.1) is 30.5 Å². The molecule has 2 rings (SSSR count). The molecule has 1 amide bonds. The molecule has 2 aromatic rings. The second kappa shape index (κ2) is 6.89. The number of ether oxygens (including phenoxy) is 1. The minimum absolute atomic E-state index is 0.0434. The number of rotatable bonds is 5. The highest BCUT2D eigenvalue weighted by atomic mass is 32.1. The van der Waals surface area contributed by atoms with Crippen molar-refractivity contribution < 1.29 is 18.7 Å². The molecule has 0 saturated heterocycles. The van der Waals surface area contributed by atoms with E-state index in [1.54, 1.807) is 12.3 Å². The van der Waals surface area contributed by atoms with Crippen molar-refractivity contribution in [2.24, 2.45) is 0 Å². The average molecular weight is 309 g/mol. The SMILES string of the molecule is CCOC(=O)Cc1csc(NC(=O)c2cncc(F)c2)n1. The Kier molecular flexibility index (Phi) is 4.94. The number of aromatic nitrogens is 2. The Morgan fingerprint density at radius 2 is 2.24 bits per heavy atom. The van der Waals surface area contributed by atoms with Crippen LogP contribution in [-0.2, 0) is 16.0 Å². The summed E-state index contributed by atoms with van der Waals surface area (Å²) in [5.41, 5.74) is 0.600. The van der Waals surface area contributed by atoms with Crippen LogP contribution in [0.5, 0.6) is 0 Å². The number of thiazole rings is 1. The fraction of sp³-hybridized carbons (Fsp3) is 0.231. The van der Waals surface area contributed by atoms with Crippen LogP contribution in [0.2, 0.25) is 0 Å². The number of hydrogen-bond donors (Lipinski definition) is 1. The van der Waals surface area contributed by atoms with Gasteiger partial charge >= 0.3 is 5.97 Å². The molecule has 0 unspecified atom stereocenters. The maximum atomic E-state index is 13.0. The first-order valence-corrected chi connectivity index (χ1v) is 6.98. The van der Waals surface area contributed by atoms with Crippen LogP contribution in [0.4, 0.5) is 9.52 Å². The van der Waals surface area contributed by atoms with E-state index < -0.39 is 11.7 Å². The molecule has 0 aliphatic heterocycles. The van der Waals surface area contributed by atoms with Gasteiger partial charge in [0.1, 0.15) is 5.82 Å². The smallest absolute Gasteiger partial charge is 0.311 e. The number of carbonyl (C=O) groups is 2. The number of nitrogens with zero attached hydrogens (tertiary/aromatic N) is 2. The Hall–Kier alpha value is -2.35. The molecule has 1 N–H and O–H groups in total. The molecule has 2 heterocycles. The van der Waals surface area contributed by atoms with Gasteiger partial charge in [-0.25, -0.2) is 9.37 Å². The van der Waals surface area contributed by atoms with Gasteiger partial charge in [0.2, 0.25) is 0 Å². The van der Waals surface area contributed by atoms with Crippen LogP contribution in [-0.4, -0.2) is 28.5 Å². The van der Waals surface area contributed by atoms with Gasteiger partial charge in [-0.1, -0.05) is 0 Å². The van der Waals surface area contributed by atoms with E-state index in [1.807, 2.05) is 0 Å². The number of nitrogens with one attached hydrogen (secondary N) is 1. The minimum Gasteiger partial charge on any atom is -0.466 e. The standard InChI is InChI=1S/C13H12FN3O3S/c1-2-20-11(18)4-10-7-21-13(16-10)17-12(19)8-3-9(14)6-15-5-8/h3,5-7H,2,4H2,1H3,(H,16,17,19). The molecular formula is C13H12FN3O3S. The summed E-state index contributed by atoms with van der Waals surface area (Å²) in [5, 5.41) is 4.49. The second-order valence-corrected chi connectivity index (χ2v) is 4.83. The summed E-state index contributed by atoms with van der Waals surface area (Å²) in [6, 6.07) is 1.08. The van der Waals surface area contributed by atoms with Crippen molar-refractivity contribution in [3.63, 3.8) is 0 Å². The first kappa shape index (κ1) is 15.0. The number of hydrogen-bond acceptors (Lipinski definition) is 6. The van der Waals surface area contributed by atoms with Crippen LogP contribution in [0, 0.1) is 5.82 Å². The fourth-order valence-electron chi connectivity index (χ4n) is 1.51. The lowest BCUT2D eigenvalue weighted by molar-refractivity contribution is -0.142. The van der Waals surface area contributed by atoms with E-state index in [1.165, 1.54) is 17.5 Å². The molecule has 0 aromatic carbocycles. The maximum Gasteiger partial charge on any atom is 0.311 e. The lowest BCUT2D eigenvalue weighted by Crippen LogP contribution is -2.13. The first-order chi connectivity index (χ1) is 10.1. The van der Waals surface area contributed by atoms with Gasteiger partial charge in [-0.2, -0.15) is 0 Å². The fourth-order valence-corrected chi connectivity index (χ4v) is 2.22. The van der Waals surface area contributed by atoms with E-state index in [0.717, 1.165) is 12.3 Å². The highest BCUT2D eigenvalue weighted by molar-refractivity contribution is 7.14. The molecule has 110 valence electrons. The summed E-state index contributed by atoms with van der Waals surface area (Å²) in [6.45, 7) is 2.02. The zero-order valence-electron chi connectivity index (χ0n) is 11.1. The van der Waals surface area contributed by atoms with Crippen molar-refractivity contribution in [1.29, 1.82) is 0 Å². The summed E-state index contributed by atoms with van der Waals surface area (Å²) >= 11 is 1.17. The molecule has 0 atom stereocenters. The lowest BCUT2D eigenvalue weighted by atomic mass is 10.3. The Morgan fingerprint density at radius 3 is 2.95 bits per heavy atom. The van der Waals surface area contributed by atoms with Crippen molar-refractivity contribution in [3.05, 3.63) is 40.9 Å². The number of amides is 1. The minimum atomic E-state index is -0.593. The van der Waals surface area contributed by atoms with Crippen molar-refractivity contribution in [3.8, 4) is 0 Å². The van der Waals surface area contributed by atoms with Gasteiger partial charge in [0, 0.05) is 11.6 Å². The van der Waals surface area contributed by atoms with Gasteiger partial charge in [-0.15, -0.1) is 11.3 Å². The van der Waals surface area contributed by atoms with E-state index >= 15 is 0 Å². The molecule has 0 aliphatic rings. The number of esters is 1. The molecule has 0 aliphatic carbocycles. The van der Waals surface area contributed by atoms with Crippen LogP contribution >= 0.6 is 11.3 Å². The van der Waals surface area contributed by atoms with Gasteiger partial charge in [-0.3, -0.25) is 19.9 Å². The van der Waals surface area contributed by atoms with E-state index in [4.69, 9.17) is 4.74 Å². The van der Waals surface area contributed by atoms with E-state index in [9.17, 15) is 14.0 Å². The number of anilines is 1. The van der Waals surface area contributed by atoms with Gasteiger partial charge < -0.3 is 4.74 Å². The predicted octanol–water partition coefficient (Wildman–Crippen LogP) is 2.04. The third-order valence-corrected chi connectivity index (χ3v) is 3.18. The first-order valence-electron chi connectivity index (χ1n) is 6.10. The van der Waals surface area contributed by atoms with Gasteiger partial charge in [0.15, 0.2) is 5.13 Å². The van der Waals surface area contributed by atoms with Crippen molar-refractivity contribution in [2.45, 2.75) is 13.3 Å². The Labute approximate surface area is 124 Å². The monoisotopic (exact) mass is 309 g/mol. The third-order valence-electron chi connectivity index (χ3n) is 2.37. The topological polar surface area (TPSA) is 81.2 Å². The second-order valence-electron chi connectivity index (χ2n) is 3.97. The van der Waals surface area contributed by atoms with Gasteiger partial charge in [-0.05, 0) is 13.0 Å². The molecule has 0 bridgehead atoms. The summed E-state index contributed by atoms with van der Waals surface area (Å²) in [7, 11) is 0. The molecule has 21 heavy (non-hydrogen) atoms. The van der Waals surface area contributed by atoms with Crippen LogP contribution in [0.3, 0.4) is 0 Å². The van der Waals surface area contributed by atoms with Gasteiger partial charge in [0.25, 0.3) is 5.91 Å². The van der Waals surface area contributed by atoms with Crippen molar-refractivity contribution in [2.75, 3.05) is 11.9 Å². The summed E-state index contributed by atoms with van der Waals surface area (Å²) in [6.07, 6.45) is 2.31. The van der Waals surface area contributed by atoms with Crippen LogP contribution in [0.25, 0.3) is 0 Å². The summed E-state index contributed by atoms with van der Waals surface area (Å²) < 4.78 is 17.8. The molecule has 0 radical (unpaired) electrons. The molecular weight excluding hydrogens is 297 g/mol. The largest absolute Gasteiger partial charge is 0.466 e. The quantitative estimate of drug-likeness (QED) is 0.855.